The summed E-state index contributed by atoms with van der Waals surface area (Å²) in [6.45, 7) is 1.08. The molecule has 0 bridgehead atoms. The summed E-state index contributed by atoms with van der Waals surface area (Å²) in [4.78, 5) is 18.3. The van der Waals surface area contributed by atoms with Crippen LogP contribution < -0.4 is 11.2 Å². The molecule has 0 saturated heterocycles. The Morgan fingerprint density at radius 1 is 1.82 bits per heavy atom. The van der Waals surface area contributed by atoms with Gasteiger partial charge in [0, 0.05) is 6.92 Å². The SMILES string of the molecule is CC(=O)O.N=C(N)N[N+](=O)[O-]. The number of aliphatic carboxylic acids is 1. The highest BCUT2D eigenvalue weighted by Gasteiger charge is 1.91. The summed E-state index contributed by atoms with van der Waals surface area (Å²) in [5, 5.41) is 22.0. The fourth-order valence-electron chi connectivity index (χ4n) is 0.0983. The largest absolute Gasteiger partial charge is 0.481 e. The predicted octanol–water partition coefficient (Wildman–Crippen LogP) is -1.25. The lowest BCUT2D eigenvalue weighted by Crippen LogP contribution is -2.34. The van der Waals surface area contributed by atoms with E-state index in [9.17, 15) is 10.1 Å². The Morgan fingerprint density at radius 2 is 2.09 bits per heavy atom. The molecule has 0 aliphatic rings. The zero-order chi connectivity index (χ0) is 9.44. The Balaban J connectivity index is 0. The summed E-state index contributed by atoms with van der Waals surface area (Å²) >= 11 is 0. The third-order valence-electron chi connectivity index (χ3n) is 0.212. The predicted molar refractivity (Wildman–Crippen MR) is 35.4 cm³/mol. The lowest BCUT2D eigenvalue weighted by atomic mass is 10.9. The van der Waals surface area contributed by atoms with Crippen LogP contribution in [0.25, 0.3) is 0 Å². The minimum absolute atomic E-state index is 0.662. The van der Waals surface area contributed by atoms with E-state index >= 15 is 0 Å². The number of hydrogen-bond donors (Lipinski definition) is 4. The summed E-state index contributed by atoms with van der Waals surface area (Å²) in [5.41, 5.74) is 5.91. The lowest BCUT2D eigenvalue weighted by Gasteiger charge is -1.86. The minimum Gasteiger partial charge on any atom is -0.481 e. The first kappa shape index (κ1) is 11.9. The summed E-state index contributed by atoms with van der Waals surface area (Å²) in [6, 6.07) is 0. The second-order valence-electron chi connectivity index (χ2n) is 1.30. The van der Waals surface area contributed by atoms with E-state index in [4.69, 9.17) is 15.3 Å². The highest BCUT2D eigenvalue weighted by Crippen LogP contribution is 1.50. The number of nitrogens with zero attached hydrogens (tertiary/aromatic N) is 1. The van der Waals surface area contributed by atoms with E-state index in [0.717, 1.165) is 6.92 Å². The van der Waals surface area contributed by atoms with Crippen LogP contribution in [0.15, 0.2) is 0 Å². The van der Waals surface area contributed by atoms with Crippen molar-refractivity contribution in [3.63, 3.8) is 0 Å². The molecule has 0 unspecified atom stereocenters. The van der Waals surface area contributed by atoms with Crippen molar-refractivity contribution in [2.45, 2.75) is 6.92 Å². The number of carbonyl (C=O) groups is 1. The molecule has 0 aliphatic heterocycles. The van der Waals surface area contributed by atoms with E-state index in [0.29, 0.717) is 0 Å². The lowest BCUT2D eigenvalue weighted by molar-refractivity contribution is -0.525. The Bertz CT molecular complexity index is 151. The molecule has 0 heterocycles. The molecule has 0 aromatic heterocycles. The summed E-state index contributed by atoms with van der Waals surface area (Å²) in [6.07, 6.45) is 0. The van der Waals surface area contributed by atoms with Gasteiger partial charge in [-0.1, -0.05) is 5.43 Å². The van der Waals surface area contributed by atoms with Gasteiger partial charge in [-0.05, 0) is 0 Å². The van der Waals surface area contributed by atoms with E-state index in [1.807, 2.05) is 0 Å². The van der Waals surface area contributed by atoms with Crippen LogP contribution in [0.4, 0.5) is 0 Å². The van der Waals surface area contributed by atoms with Crippen LogP contribution in [0.1, 0.15) is 6.92 Å². The van der Waals surface area contributed by atoms with Gasteiger partial charge >= 0.3 is 0 Å². The molecule has 0 rings (SSSR count). The van der Waals surface area contributed by atoms with Gasteiger partial charge in [0.2, 0.25) is 5.96 Å². The maximum absolute atomic E-state index is 9.28. The molecule has 0 atom stereocenters. The van der Waals surface area contributed by atoms with Crippen LogP contribution in [0.2, 0.25) is 0 Å². The average molecular weight is 164 g/mol. The normalized spacial score (nSPS) is 7.00. The number of nitrogens with two attached hydrogens (primary N) is 1. The quantitative estimate of drug-likeness (QED) is 0.165. The second-order valence-corrected chi connectivity index (χ2v) is 1.30. The van der Waals surface area contributed by atoms with Crippen molar-refractivity contribution in [3.8, 4) is 0 Å². The van der Waals surface area contributed by atoms with Gasteiger partial charge in [0.1, 0.15) is 0 Å². The van der Waals surface area contributed by atoms with Crippen LogP contribution in [-0.4, -0.2) is 22.1 Å². The summed E-state index contributed by atoms with van der Waals surface area (Å²) < 4.78 is 0. The first-order valence-corrected chi connectivity index (χ1v) is 2.31. The Kier molecular flexibility index (Phi) is 6.76. The molecule has 0 aromatic rings. The van der Waals surface area contributed by atoms with E-state index in [-0.39, 0.29) is 0 Å². The first-order chi connectivity index (χ1) is 4.86. The van der Waals surface area contributed by atoms with Gasteiger partial charge in [-0.3, -0.25) is 10.2 Å². The molecular formula is C3H8N4O4. The van der Waals surface area contributed by atoms with Gasteiger partial charge in [-0.15, -0.1) is 0 Å². The summed E-state index contributed by atoms with van der Waals surface area (Å²) in [7, 11) is 0. The molecule has 0 amide bonds. The molecule has 0 aromatic carbocycles. The number of guanidine groups is 1. The molecule has 8 nitrogen and oxygen atoms in total. The summed E-state index contributed by atoms with van der Waals surface area (Å²) in [5.74, 6) is -1.50. The van der Waals surface area contributed by atoms with Crippen LogP contribution in [-0.2, 0) is 4.79 Å². The molecule has 0 saturated carbocycles. The number of hydrogen-bond acceptors (Lipinski definition) is 4. The minimum atomic E-state index is -0.900. The highest BCUT2D eigenvalue weighted by molar-refractivity contribution is 5.72. The zero-order valence-electron chi connectivity index (χ0n) is 5.70. The Labute approximate surface area is 61.6 Å². The smallest absolute Gasteiger partial charge is 0.300 e. The molecule has 64 valence electrons. The van der Waals surface area contributed by atoms with Gasteiger partial charge in [0.25, 0.3) is 5.97 Å². The monoisotopic (exact) mass is 164 g/mol. The fraction of sp³-hybridized carbons (Fsp3) is 0.333. The van der Waals surface area contributed by atoms with Crippen LogP contribution in [0.5, 0.6) is 0 Å². The van der Waals surface area contributed by atoms with Crippen LogP contribution >= 0.6 is 0 Å². The Hall–Kier alpha value is -1.86. The Morgan fingerprint density at radius 3 is 2.09 bits per heavy atom. The van der Waals surface area contributed by atoms with Gasteiger partial charge in [0.05, 0.1) is 0 Å². The van der Waals surface area contributed by atoms with Crippen molar-refractivity contribution >= 4 is 11.9 Å². The van der Waals surface area contributed by atoms with Gasteiger partial charge < -0.3 is 10.8 Å². The van der Waals surface area contributed by atoms with Crippen LogP contribution in [0.3, 0.4) is 0 Å². The molecule has 0 radical (unpaired) electrons. The fourth-order valence-corrected chi connectivity index (χ4v) is 0.0983. The van der Waals surface area contributed by atoms with Crippen molar-refractivity contribution in [2.24, 2.45) is 5.73 Å². The van der Waals surface area contributed by atoms with Crippen molar-refractivity contribution in [3.05, 3.63) is 10.1 Å². The molecule has 0 aliphatic carbocycles. The molecule has 0 fully saturated rings. The number of rotatable bonds is 1. The second kappa shape index (κ2) is 6.26. The van der Waals surface area contributed by atoms with E-state index in [1.54, 1.807) is 0 Å². The van der Waals surface area contributed by atoms with E-state index in [1.165, 1.54) is 5.43 Å². The maximum Gasteiger partial charge on any atom is 0.300 e. The van der Waals surface area contributed by atoms with Crippen molar-refractivity contribution in [1.82, 2.24) is 5.43 Å². The number of carboxylic acid groups (broad SMARTS) is 1. The molecule has 0 spiro atoms. The first-order valence-electron chi connectivity index (χ1n) is 2.31. The average Bonchev–Trinajstić information content (AvgIpc) is 1.56. The van der Waals surface area contributed by atoms with Gasteiger partial charge in [-0.25, -0.2) is 10.1 Å². The molecule has 11 heavy (non-hydrogen) atoms. The highest BCUT2D eigenvalue weighted by atomic mass is 16.7. The number of carboxylic acids is 1. The molecular weight excluding hydrogens is 156 g/mol. The van der Waals surface area contributed by atoms with Crippen molar-refractivity contribution in [2.75, 3.05) is 0 Å². The number of nitrogens with one attached hydrogen (secondary N) is 2. The third-order valence-corrected chi connectivity index (χ3v) is 0.212. The van der Waals surface area contributed by atoms with Crippen molar-refractivity contribution < 1.29 is 14.9 Å². The maximum atomic E-state index is 9.28. The van der Waals surface area contributed by atoms with E-state index in [2.05, 4.69) is 5.73 Å². The molecule has 8 heteroatoms. The number of hydrazine groups is 1. The van der Waals surface area contributed by atoms with Crippen molar-refractivity contribution in [1.29, 1.82) is 5.41 Å². The molecule has 5 N–H and O–H groups in total. The topological polar surface area (TPSA) is 142 Å². The van der Waals surface area contributed by atoms with Gasteiger partial charge in [0.15, 0.2) is 5.03 Å². The third kappa shape index (κ3) is 67.0. The number of nitro groups is 1. The van der Waals surface area contributed by atoms with Crippen LogP contribution in [0, 0.1) is 15.5 Å². The standard InChI is InChI=1S/C2H4O2.CH4N4O2/c1-2(3)4;2-1(3)4-5(6)7/h1H3,(H,3,4);(H4,2,3,4). The zero-order valence-corrected chi connectivity index (χ0v) is 5.70. The van der Waals surface area contributed by atoms with Gasteiger partial charge in [-0.2, -0.15) is 0 Å². The van der Waals surface area contributed by atoms with E-state index < -0.39 is 17.0 Å².